The van der Waals surface area contributed by atoms with Crippen molar-refractivity contribution < 1.29 is 4.42 Å². The first-order valence-electron chi connectivity index (χ1n) is 22.9. The topological polar surface area (TPSA) is 21.3 Å². The number of benzene rings is 11. The molecule has 314 valence electrons. The number of anilines is 3. The molecule has 11 aromatic carbocycles. The molecule has 0 saturated heterocycles. The van der Waals surface area contributed by atoms with E-state index in [1.807, 2.05) is 12.1 Å². The van der Waals surface area contributed by atoms with Crippen LogP contribution >= 0.6 is 0 Å². The second-order valence-electron chi connectivity index (χ2n) is 17.3. The first kappa shape index (κ1) is 38.5. The smallest absolute Gasteiger partial charge is 0.136 e. The zero-order chi connectivity index (χ0) is 44.3. The fourth-order valence-electron chi connectivity index (χ4n) is 10.2. The molecule has 3 heteroatoms. The van der Waals surface area contributed by atoms with Crippen LogP contribution in [0.3, 0.4) is 0 Å². The maximum absolute atomic E-state index is 6.40. The zero-order valence-corrected chi connectivity index (χ0v) is 36.6. The molecule has 0 radical (unpaired) electrons. The molecule has 2 heterocycles. The van der Waals surface area contributed by atoms with Crippen molar-refractivity contribution >= 4 is 71.6 Å². The van der Waals surface area contributed by atoms with Crippen molar-refractivity contribution in [3.05, 3.63) is 255 Å². The van der Waals surface area contributed by atoms with Crippen LogP contribution in [0.2, 0.25) is 0 Å². The van der Waals surface area contributed by atoms with Gasteiger partial charge in [0, 0.05) is 44.2 Å². The van der Waals surface area contributed by atoms with E-state index in [0.29, 0.717) is 0 Å². The Bertz CT molecular complexity index is 3930. The maximum Gasteiger partial charge on any atom is 0.136 e. The predicted octanol–water partition coefficient (Wildman–Crippen LogP) is 18.0. The Kier molecular flexibility index (Phi) is 9.17. The van der Waals surface area contributed by atoms with Gasteiger partial charge in [-0.2, -0.15) is 0 Å². The first-order chi connectivity index (χ1) is 33.2. The average molecular weight is 855 g/mol. The molecule has 0 aliphatic heterocycles. The fraction of sp³-hybridized carbons (Fsp3) is 0. The van der Waals surface area contributed by atoms with Gasteiger partial charge in [-0.3, -0.25) is 0 Å². The molecule has 2 aromatic heterocycles. The van der Waals surface area contributed by atoms with Gasteiger partial charge in [-0.15, -0.1) is 0 Å². The molecule has 0 spiro atoms. The first-order valence-corrected chi connectivity index (χ1v) is 22.9. The minimum atomic E-state index is 0.879. The summed E-state index contributed by atoms with van der Waals surface area (Å²) in [6.45, 7) is 0. The largest absolute Gasteiger partial charge is 0.456 e. The second-order valence-corrected chi connectivity index (χ2v) is 17.3. The highest BCUT2D eigenvalue weighted by Crippen LogP contribution is 2.44. The lowest BCUT2D eigenvalue weighted by Gasteiger charge is -2.28. The average Bonchev–Trinajstić information content (AvgIpc) is 3.95. The van der Waals surface area contributed by atoms with E-state index in [9.17, 15) is 0 Å². The van der Waals surface area contributed by atoms with E-state index >= 15 is 0 Å². The quantitative estimate of drug-likeness (QED) is 0.152. The number of hydrogen-bond donors (Lipinski definition) is 0. The van der Waals surface area contributed by atoms with Crippen LogP contribution in [0.4, 0.5) is 17.1 Å². The molecule has 0 bridgehead atoms. The number of furan rings is 1. The predicted molar refractivity (Wildman–Crippen MR) is 282 cm³/mol. The lowest BCUT2D eigenvalue weighted by atomic mass is 9.97. The lowest BCUT2D eigenvalue weighted by Crippen LogP contribution is -2.11. The van der Waals surface area contributed by atoms with Gasteiger partial charge in [-0.1, -0.05) is 176 Å². The summed E-state index contributed by atoms with van der Waals surface area (Å²) in [6.07, 6.45) is 0. The van der Waals surface area contributed by atoms with Crippen LogP contribution in [-0.4, -0.2) is 4.57 Å². The standard InChI is InChI=1S/C64H42N2O/c1-2-20-53-44(14-1)15-13-25-54(53)45-32-37-51(38-33-45)65(60-26-7-3-21-55(60)49-34-39-59-58-24-6-10-29-63(58)67-64(59)42-49)50-35-30-43(31-36-50)46-16-11-17-47(40-46)48-18-12-19-52(41-48)66-61-27-8-4-22-56(61)57-23-5-9-28-62(57)66/h1-42H. The summed E-state index contributed by atoms with van der Waals surface area (Å²) in [7, 11) is 0. The molecule has 0 aliphatic carbocycles. The van der Waals surface area contributed by atoms with E-state index in [0.717, 1.165) is 66.9 Å². The number of rotatable bonds is 8. The van der Waals surface area contributed by atoms with Gasteiger partial charge in [-0.25, -0.2) is 0 Å². The molecule has 0 saturated carbocycles. The van der Waals surface area contributed by atoms with Crippen molar-refractivity contribution in [3.63, 3.8) is 0 Å². The van der Waals surface area contributed by atoms with Crippen molar-refractivity contribution in [1.29, 1.82) is 0 Å². The van der Waals surface area contributed by atoms with E-state index in [1.165, 1.54) is 54.8 Å². The molecule has 0 fully saturated rings. The summed E-state index contributed by atoms with van der Waals surface area (Å²) in [5.41, 5.74) is 17.8. The Balaban J connectivity index is 0.888. The van der Waals surface area contributed by atoms with Gasteiger partial charge in [0.15, 0.2) is 0 Å². The van der Waals surface area contributed by atoms with Crippen molar-refractivity contribution in [2.24, 2.45) is 0 Å². The van der Waals surface area contributed by atoms with Crippen LogP contribution in [0.25, 0.3) is 105 Å². The van der Waals surface area contributed by atoms with Crippen molar-refractivity contribution in [3.8, 4) is 50.2 Å². The number of nitrogens with zero attached hydrogens (tertiary/aromatic N) is 2. The molecule has 13 aromatic rings. The molecule has 3 nitrogen and oxygen atoms in total. The highest BCUT2D eigenvalue weighted by atomic mass is 16.3. The molecular weight excluding hydrogens is 813 g/mol. The van der Waals surface area contributed by atoms with E-state index in [2.05, 4.69) is 252 Å². The molecule has 67 heavy (non-hydrogen) atoms. The molecule has 0 atom stereocenters. The Morgan fingerprint density at radius 2 is 0.821 bits per heavy atom. The number of hydrogen-bond acceptors (Lipinski definition) is 2. The molecular formula is C64H42N2O. The van der Waals surface area contributed by atoms with E-state index in [4.69, 9.17) is 4.42 Å². The maximum atomic E-state index is 6.40. The van der Waals surface area contributed by atoms with Crippen LogP contribution in [0, 0.1) is 0 Å². The van der Waals surface area contributed by atoms with Crippen LogP contribution < -0.4 is 4.90 Å². The molecule has 0 unspecified atom stereocenters. The van der Waals surface area contributed by atoms with Gasteiger partial charge in [0.2, 0.25) is 0 Å². The number of aromatic nitrogens is 1. The van der Waals surface area contributed by atoms with Crippen LogP contribution in [0.1, 0.15) is 0 Å². The minimum absolute atomic E-state index is 0.879. The molecule has 13 rings (SSSR count). The Hall–Kier alpha value is -8.92. The molecule has 0 amide bonds. The Morgan fingerprint density at radius 3 is 1.58 bits per heavy atom. The van der Waals surface area contributed by atoms with Crippen LogP contribution in [-0.2, 0) is 0 Å². The third-order valence-electron chi connectivity index (χ3n) is 13.4. The lowest BCUT2D eigenvalue weighted by molar-refractivity contribution is 0.669. The number of para-hydroxylation sites is 4. The number of fused-ring (bicyclic) bond motifs is 7. The zero-order valence-electron chi connectivity index (χ0n) is 36.6. The van der Waals surface area contributed by atoms with Gasteiger partial charge in [0.05, 0.1) is 16.7 Å². The van der Waals surface area contributed by atoms with E-state index in [-0.39, 0.29) is 0 Å². The third kappa shape index (κ3) is 6.67. The summed E-state index contributed by atoms with van der Waals surface area (Å²) in [5, 5.41) is 7.25. The second kappa shape index (κ2) is 16.0. The van der Waals surface area contributed by atoms with E-state index < -0.39 is 0 Å². The molecule has 0 N–H and O–H groups in total. The van der Waals surface area contributed by atoms with E-state index in [1.54, 1.807) is 0 Å². The monoisotopic (exact) mass is 854 g/mol. The van der Waals surface area contributed by atoms with Gasteiger partial charge in [-0.05, 0) is 129 Å². The highest BCUT2D eigenvalue weighted by molar-refractivity contribution is 6.09. The summed E-state index contributed by atoms with van der Waals surface area (Å²) < 4.78 is 8.78. The van der Waals surface area contributed by atoms with Crippen LogP contribution in [0.5, 0.6) is 0 Å². The minimum Gasteiger partial charge on any atom is -0.456 e. The summed E-state index contributed by atoms with van der Waals surface area (Å²) in [4.78, 5) is 2.38. The fourth-order valence-corrected chi connectivity index (χ4v) is 10.2. The Labute approximate surface area is 388 Å². The van der Waals surface area contributed by atoms with Crippen LogP contribution in [0.15, 0.2) is 259 Å². The summed E-state index contributed by atoms with van der Waals surface area (Å²) in [5.74, 6) is 0. The van der Waals surface area contributed by atoms with Crippen molar-refractivity contribution in [1.82, 2.24) is 4.57 Å². The summed E-state index contributed by atoms with van der Waals surface area (Å²) in [6, 6.07) is 91.9. The van der Waals surface area contributed by atoms with Gasteiger partial charge < -0.3 is 13.9 Å². The SMILES string of the molecule is c1cc(-c2ccc(N(c3ccc(-c4cccc5ccccc45)cc3)c3ccccc3-c3ccc4c(c3)oc3ccccc34)cc2)cc(-c2cccc(-n3c4ccccc4c4ccccc43)c2)c1. The van der Waals surface area contributed by atoms with Gasteiger partial charge >= 0.3 is 0 Å². The third-order valence-corrected chi connectivity index (χ3v) is 13.4. The van der Waals surface area contributed by atoms with Crippen molar-refractivity contribution in [2.45, 2.75) is 0 Å². The summed E-state index contributed by atoms with van der Waals surface area (Å²) >= 11 is 0. The molecule has 0 aliphatic rings. The van der Waals surface area contributed by atoms with Gasteiger partial charge in [0.25, 0.3) is 0 Å². The van der Waals surface area contributed by atoms with Gasteiger partial charge in [0.1, 0.15) is 11.2 Å². The normalized spacial score (nSPS) is 11.6. The Morgan fingerprint density at radius 1 is 0.299 bits per heavy atom. The van der Waals surface area contributed by atoms with Crippen molar-refractivity contribution in [2.75, 3.05) is 4.90 Å². The highest BCUT2D eigenvalue weighted by Gasteiger charge is 2.19.